The zero-order valence-corrected chi connectivity index (χ0v) is 13.4. The molecule has 0 spiro atoms. The topological polar surface area (TPSA) is 229 Å². The molecule has 0 fully saturated rings. The summed E-state index contributed by atoms with van der Waals surface area (Å²) in [5.74, 6) is -0.187. The Morgan fingerprint density at radius 1 is 0.889 bits per heavy atom. The zero-order valence-electron chi connectivity index (χ0n) is 11.4. The summed E-state index contributed by atoms with van der Waals surface area (Å²) in [6, 6.07) is 0. The standard InChI is InChI=1S/C9H18O2.Na.6H2O/c1-8(2)6-4-3-5-7-9(10)11;;;;;;;/h8H,3-7H2,1-2H3,(H,10,11);;6*1H2/q;+1;;;;;;/p-1. The molecule has 9 heteroatoms. The van der Waals surface area contributed by atoms with Gasteiger partial charge in [0.2, 0.25) is 0 Å². The second kappa shape index (κ2) is 36.0. The van der Waals surface area contributed by atoms with Gasteiger partial charge in [-0.25, -0.2) is 0 Å². The molecule has 0 bridgehead atoms. The summed E-state index contributed by atoms with van der Waals surface area (Å²) in [6.45, 7) is 4.36. The first-order chi connectivity index (χ1) is 5.13. The smallest absolute Gasteiger partial charge is 0.550 e. The quantitative estimate of drug-likeness (QED) is 0.342. The van der Waals surface area contributed by atoms with Gasteiger partial charge in [0.05, 0.1) is 0 Å². The summed E-state index contributed by atoms with van der Waals surface area (Å²) in [5.41, 5.74) is 0. The van der Waals surface area contributed by atoms with E-state index in [0.29, 0.717) is 0 Å². The maximum atomic E-state index is 9.99. The van der Waals surface area contributed by atoms with Gasteiger partial charge in [0, 0.05) is 5.97 Å². The molecule has 0 heterocycles. The molecule has 114 valence electrons. The van der Waals surface area contributed by atoms with E-state index in [4.69, 9.17) is 0 Å². The molecular weight excluding hydrogens is 259 g/mol. The van der Waals surface area contributed by atoms with Crippen molar-refractivity contribution in [2.24, 2.45) is 5.92 Å². The van der Waals surface area contributed by atoms with Crippen molar-refractivity contribution in [1.82, 2.24) is 0 Å². The van der Waals surface area contributed by atoms with E-state index in [1.165, 1.54) is 6.42 Å². The summed E-state index contributed by atoms with van der Waals surface area (Å²) in [4.78, 5) is 9.99. The SMILES string of the molecule is CC(C)CCCCCC(=O)[O-].O.O.O.O.O.O.[Na+]. The van der Waals surface area contributed by atoms with E-state index in [0.717, 1.165) is 25.2 Å². The van der Waals surface area contributed by atoms with Crippen LogP contribution >= 0.6 is 0 Å². The van der Waals surface area contributed by atoms with Gasteiger partial charge < -0.3 is 42.8 Å². The van der Waals surface area contributed by atoms with Crippen molar-refractivity contribution in [3.63, 3.8) is 0 Å². The summed E-state index contributed by atoms with van der Waals surface area (Å²) >= 11 is 0. The van der Waals surface area contributed by atoms with Gasteiger partial charge in [-0.3, -0.25) is 0 Å². The van der Waals surface area contributed by atoms with E-state index in [-0.39, 0.29) is 68.8 Å². The number of rotatable bonds is 6. The van der Waals surface area contributed by atoms with Crippen LogP contribution in [0, 0.1) is 5.92 Å². The van der Waals surface area contributed by atoms with Crippen LogP contribution in [0.2, 0.25) is 0 Å². The van der Waals surface area contributed by atoms with Crippen molar-refractivity contribution < 1.29 is 72.3 Å². The molecule has 0 saturated carbocycles. The van der Waals surface area contributed by atoms with Crippen molar-refractivity contribution in [3.8, 4) is 0 Å². The fourth-order valence-electron chi connectivity index (χ4n) is 0.999. The number of hydrogen-bond donors (Lipinski definition) is 0. The van der Waals surface area contributed by atoms with Crippen molar-refractivity contribution in [3.05, 3.63) is 0 Å². The maximum absolute atomic E-state index is 9.99. The summed E-state index contributed by atoms with van der Waals surface area (Å²) in [5, 5.41) is 9.99. The number of carbonyl (C=O) groups is 1. The van der Waals surface area contributed by atoms with Gasteiger partial charge in [-0.05, 0) is 18.8 Å². The Labute approximate surface area is 130 Å². The summed E-state index contributed by atoms with van der Waals surface area (Å²) < 4.78 is 0. The van der Waals surface area contributed by atoms with E-state index in [2.05, 4.69) is 13.8 Å². The Balaban J connectivity index is -0.0000000238. The molecule has 18 heavy (non-hydrogen) atoms. The van der Waals surface area contributed by atoms with Crippen LogP contribution in [0.4, 0.5) is 0 Å². The van der Waals surface area contributed by atoms with Gasteiger partial charge in [0.1, 0.15) is 0 Å². The average Bonchev–Trinajstić information content (AvgIpc) is 1.85. The minimum absolute atomic E-state index is 0. The maximum Gasteiger partial charge on any atom is 1.00 e. The molecule has 0 aliphatic rings. The third kappa shape index (κ3) is 55.6. The molecule has 0 saturated heterocycles. The van der Waals surface area contributed by atoms with Crippen LogP contribution in [0.1, 0.15) is 46.0 Å². The van der Waals surface area contributed by atoms with Crippen LogP contribution in [0.3, 0.4) is 0 Å². The summed E-state index contributed by atoms with van der Waals surface area (Å²) in [7, 11) is 0. The number of aliphatic carboxylic acids is 1. The molecule has 0 aliphatic carbocycles. The van der Waals surface area contributed by atoms with Crippen molar-refractivity contribution in [1.29, 1.82) is 0 Å². The number of carboxylic acid groups (broad SMARTS) is 1. The Kier molecular flexibility index (Phi) is 103. The van der Waals surface area contributed by atoms with Gasteiger partial charge in [-0.15, -0.1) is 0 Å². The average molecular weight is 288 g/mol. The Morgan fingerprint density at radius 3 is 1.56 bits per heavy atom. The predicted molar refractivity (Wildman–Crippen MR) is 64.6 cm³/mol. The minimum Gasteiger partial charge on any atom is -0.550 e. The Bertz CT molecular complexity index is 123. The molecule has 0 unspecified atom stereocenters. The van der Waals surface area contributed by atoms with Crippen molar-refractivity contribution in [2.75, 3.05) is 0 Å². The molecule has 12 N–H and O–H groups in total. The van der Waals surface area contributed by atoms with Gasteiger partial charge in [-0.2, -0.15) is 0 Å². The number of carbonyl (C=O) groups excluding carboxylic acids is 1. The molecular formula is C9H29NaO8. The molecule has 0 amide bonds. The van der Waals surface area contributed by atoms with Gasteiger partial charge in [-0.1, -0.05) is 33.1 Å². The van der Waals surface area contributed by atoms with Crippen molar-refractivity contribution in [2.45, 2.75) is 46.0 Å². The third-order valence-electron chi connectivity index (χ3n) is 1.66. The van der Waals surface area contributed by atoms with E-state index in [1.807, 2.05) is 0 Å². The molecule has 0 rings (SSSR count). The number of carboxylic acids is 1. The van der Waals surface area contributed by atoms with Gasteiger partial charge in [0.25, 0.3) is 0 Å². The molecule has 0 aromatic rings. The van der Waals surface area contributed by atoms with Crippen LogP contribution in [0.15, 0.2) is 0 Å². The molecule has 0 atom stereocenters. The van der Waals surface area contributed by atoms with E-state index >= 15 is 0 Å². The largest absolute Gasteiger partial charge is 1.00 e. The normalized spacial score (nSPS) is 6.39. The molecule has 0 aromatic heterocycles. The first kappa shape index (κ1) is 51.7. The predicted octanol–water partition coefficient (Wildman–Crippen LogP) is -6.60. The van der Waals surface area contributed by atoms with Crippen LogP contribution in [-0.2, 0) is 4.79 Å². The fourth-order valence-corrected chi connectivity index (χ4v) is 0.999. The fraction of sp³-hybridized carbons (Fsp3) is 0.889. The van der Waals surface area contributed by atoms with Crippen LogP contribution in [-0.4, -0.2) is 38.8 Å². The molecule has 0 aliphatic heterocycles. The summed E-state index contributed by atoms with van der Waals surface area (Å²) in [6.07, 6.45) is 4.36. The Morgan fingerprint density at radius 2 is 1.28 bits per heavy atom. The van der Waals surface area contributed by atoms with Crippen LogP contribution in [0.25, 0.3) is 0 Å². The van der Waals surface area contributed by atoms with E-state index in [1.54, 1.807) is 0 Å². The molecule has 8 nitrogen and oxygen atoms in total. The van der Waals surface area contributed by atoms with Crippen LogP contribution < -0.4 is 34.7 Å². The Hall–Kier alpha value is 0.230. The van der Waals surface area contributed by atoms with Gasteiger partial charge in [0.15, 0.2) is 0 Å². The minimum atomic E-state index is -0.922. The zero-order chi connectivity index (χ0) is 8.69. The number of hydrogen-bond acceptors (Lipinski definition) is 2. The molecule has 0 radical (unpaired) electrons. The number of unbranched alkanes of at least 4 members (excludes halogenated alkanes) is 2. The second-order valence-electron chi connectivity index (χ2n) is 3.37. The van der Waals surface area contributed by atoms with E-state index in [9.17, 15) is 9.90 Å². The first-order valence-electron chi connectivity index (χ1n) is 4.32. The van der Waals surface area contributed by atoms with E-state index < -0.39 is 5.97 Å². The first-order valence-corrected chi connectivity index (χ1v) is 4.32. The monoisotopic (exact) mass is 288 g/mol. The third-order valence-corrected chi connectivity index (χ3v) is 1.66. The van der Waals surface area contributed by atoms with Gasteiger partial charge >= 0.3 is 29.6 Å². The molecule has 0 aromatic carbocycles. The second-order valence-corrected chi connectivity index (χ2v) is 3.37. The van der Waals surface area contributed by atoms with Crippen molar-refractivity contribution >= 4 is 5.97 Å². The van der Waals surface area contributed by atoms with Crippen LogP contribution in [0.5, 0.6) is 0 Å².